The maximum absolute atomic E-state index is 12.5. The third-order valence-electron chi connectivity index (χ3n) is 2.38. The Morgan fingerprint density at radius 3 is 2.56 bits per heavy atom. The highest BCUT2D eigenvalue weighted by atomic mass is 32.2. The molecule has 2 heterocycles. The number of pyridine rings is 1. The summed E-state index contributed by atoms with van der Waals surface area (Å²) in [5.41, 5.74) is 0.272. The first-order valence-corrected chi connectivity index (χ1v) is 6.41. The van der Waals surface area contributed by atoms with E-state index in [0.29, 0.717) is 13.1 Å². The highest BCUT2D eigenvalue weighted by Gasteiger charge is 2.24. The van der Waals surface area contributed by atoms with E-state index in [1.54, 1.807) is 0 Å². The molecular formula is C9H12FN3O2S. The molecule has 0 atom stereocenters. The van der Waals surface area contributed by atoms with Crippen LogP contribution in [0.3, 0.4) is 0 Å². The van der Waals surface area contributed by atoms with Gasteiger partial charge in [0.25, 0.3) is 0 Å². The Morgan fingerprint density at radius 1 is 1.31 bits per heavy atom. The van der Waals surface area contributed by atoms with Crippen molar-refractivity contribution in [2.45, 2.75) is 12.8 Å². The smallest absolute Gasteiger partial charge is 0.269 e. The van der Waals surface area contributed by atoms with Crippen LogP contribution in [0.5, 0.6) is 0 Å². The highest BCUT2D eigenvalue weighted by molar-refractivity contribution is 7.90. The zero-order chi connectivity index (χ0) is 11.6. The quantitative estimate of drug-likeness (QED) is 0.807. The fourth-order valence-electron chi connectivity index (χ4n) is 1.58. The Bertz CT molecular complexity index is 454. The van der Waals surface area contributed by atoms with Crippen LogP contribution in [-0.2, 0) is 10.2 Å². The summed E-state index contributed by atoms with van der Waals surface area (Å²) in [6, 6.07) is 2.46. The third-order valence-corrected chi connectivity index (χ3v) is 3.92. The average Bonchev–Trinajstić information content (AvgIpc) is 2.75. The largest absolute Gasteiger partial charge is 0.301 e. The zero-order valence-corrected chi connectivity index (χ0v) is 9.37. The first-order valence-electron chi connectivity index (χ1n) is 4.97. The number of hydrogen-bond acceptors (Lipinski definition) is 3. The van der Waals surface area contributed by atoms with Crippen molar-refractivity contribution in [3.63, 3.8) is 0 Å². The summed E-state index contributed by atoms with van der Waals surface area (Å²) in [7, 11) is -3.51. The molecular weight excluding hydrogens is 233 g/mol. The molecule has 1 fully saturated rings. The maximum atomic E-state index is 12.5. The predicted molar refractivity (Wildman–Crippen MR) is 57.5 cm³/mol. The first-order chi connectivity index (χ1) is 7.58. The fraction of sp³-hybridized carbons (Fsp3) is 0.444. The Hall–Kier alpha value is -1.21. The number of anilines is 1. The minimum absolute atomic E-state index is 0.272. The van der Waals surface area contributed by atoms with E-state index in [1.165, 1.54) is 10.4 Å². The van der Waals surface area contributed by atoms with Crippen LogP contribution >= 0.6 is 0 Å². The van der Waals surface area contributed by atoms with Gasteiger partial charge in [-0.2, -0.15) is 17.1 Å². The van der Waals surface area contributed by atoms with Gasteiger partial charge < -0.3 is 0 Å². The van der Waals surface area contributed by atoms with Crippen LogP contribution in [0, 0.1) is 5.95 Å². The lowest BCUT2D eigenvalue weighted by molar-refractivity contribution is 0.482. The van der Waals surface area contributed by atoms with Gasteiger partial charge in [0.1, 0.15) is 0 Å². The van der Waals surface area contributed by atoms with Crippen LogP contribution in [0.1, 0.15) is 12.8 Å². The number of rotatable bonds is 3. The van der Waals surface area contributed by atoms with Crippen molar-refractivity contribution in [1.82, 2.24) is 9.29 Å². The summed E-state index contributed by atoms with van der Waals surface area (Å²) in [4.78, 5) is 3.38. The molecule has 16 heavy (non-hydrogen) atoms. The second-order valence-electron chi connectivity index (χ2n) is 3.58. The number of nitrogens with one attached hydrogen (secondary N) is 1. The number of halogens is 1. The van der Waals surface area contributed by atoms with Crippen molar-refractivity contribution in [2.75, 3.05) is 17.8 Å². The Kier molecular flexibility index (Phi) is 3.06. The molecule has 1 aliphatic rings. The predicted octanol–water partition coefficient (Wildman–Crippen LogP) is 0.973. The normalized spacial score (nSPS) is 17.6. The van der Waals surface area contributed by atoms with Crippen LogP contribution in [0.4, 0.5) is 10.1 Å². The first kappa shape index (κ1) is 11.3. The minimum atomic E-state index is -3.51. The molecule has 1 aliphatic heterocycles. The van der Waals surface area contributed by atoms with E-state index in [9.17, 15) is 12.8 Å². The molecule has 5 nitrogen and oxygen atoms in total. The van der Waals surface area contributed by atoms with E-state index < -0.39 is 16.2 Å². The van der Waals surface area contributed by atoms with Crippen molar-refractivity contribution in [2.24, 2.45) is 0 Å². The van der Waals surface area contributed by atoms with Crippen molar-refractivity contribution in [1.29, 1.82) is 0 Å². The molecule has 0 aliphatic carbocycles. The summed E-state index contributed by atoms with van der Waals surface area (Å²) in [5, 5.41) is 0. The average molecular weight is 245 g/mol. The molecule has 1 aromatic rings. The van der Waals surface area contributed by atoms with E-state index in [0.717, 1.165) is 25.1 Å². The molecule has 7 heteroatoms. The van der Waals surface area contributed by atoms with Crippen molar-refractivity contribution in [3.05, 3.63) is 24.3 Å². The lowest BCUT2D eigenvalue weighted by Crippen LogP contribution is -2.33. The van der Waals surface area contributed by atoms with Gasteiger partial charge in [0, 0.05) is 13.1 Å². The van der Waals surface area contributed by atoms with Gasteiger partial charge in [-0.3, -0.25) is 4.72 Å². The van der Waals surface area contributed by atoms with E-state index in [4.69, 9.17) is 0 Å². The van der Waals surface area contributed by atoms with Crippen molar-refractivity contribution < 1.29 is 12.8 Å². The molecule has 0 radical (unpaired) electrons. The number of aromatic nitrogens is 1. The SMILES string of the molecule is O=S(=O)(Nc1ccc(F)nc1)N1CCCC1. The van der Waals surface area contributed by atoms with E-state index in [2.05, 4.69) is 9.71 Å². The maximum Gasteiger partial charge on any atom is 0.301 e. The van der Waals surface area contributed by atoms with E-state index in [-0.39, 0.29) is 5.69 Å². The second kappa shape index (κ2) is 4.34. The molecule has 0 aromatic carbocycles. The van der Waals surface area contributed by atoms with Gasteiger partial charge in [-0.15, -0.1) is 0 Å². The summed E-state index contributed by atoms with van der Waals surface area (Å²) < 4.78 is 39.8. The molecule has 0 spiro atoms. The molecule has 0 saturated carbocycles. The van der Waals surface area contributed by atoms with Gasteiger partial charge in [-0.25, -0.2) is 4.98 Å². The fourth-order valence-corrected chi connectivity index (χ4v) is 2.86. The molecule has 1 saturated heterocycles. The molecule has 2 rings (SSSR count). The molecule has 0 bridgehead atoms. The van der Waals surface area contributed by atoms with Crippen LogP contribution < -0.4 is 4.72 Å². The topological polar surface area (TPSA) is 62.3 Å². The standard InChI is InChI=1S/C9H12FN3O2S/c10-9-4-3-8(7-11-9)12-16(14,15)13-5-1-2-6-13/h3-4,7,12H,1-2,5-6H2. The summed E-state index contributed by atoms with van der Waals surface area (Å²) >= 11 is 0. The van der Waals surface area contributed by atoms with Gasteiger partial charge in [-0.05, 0) is 25.0 Å². The summed E-state index contributed by atoms with van der Waals surface area (Å²) in [6.07, 6.45) is 2.91. The van der Waals surface area contributed by atoms with Crippen LogP contribution in [0.2, 0.25) is 0 Å². The summed E-state index contributed by atoms with van der Waals surface area (Å²) in [5.74, 6) is -0.635. The molecule has 88 valence electrons. The third kappa shape index (κ3) is 2.48. The second-order valence-corrected chi connectivity index (χ2v) is 5.25. The van der Waals surface area contributed by atoms with Gasteiger partial charge in [0.15, 0.2) is 0 Å². The van der Waals surface area contributed by atoms with Gasteiger partial charge in [0.2, 0.25) is 5.95 Å². The minimum Gasteiger partial charge on any atom is -0.269 e. The molecule has 1 aromatic heterocycles. The van der Waals surface area contributed by atoms with Gasteiger partial charge >= 0.3 is 10.2 Å². The van der Waals surface area contributed by atoms with E-state index >= 15 is 0 Å². The molecule has 0 unspecified atom stereocenters. The van der Waals surface area contributed by atoms with Gasteiger partial charge in [0.05, 0.1) is 11.9 Å². The van der Waals surface area contributed by atoms with Crippen molar-refractivity contribution >= 4 is 15.9 Å². The Balaban J connectivity index is 2.11. The van der Waals surface area contributed by atoms with Crippen LogP contribution in [0.15, 0.2) is 18.3 Å². The van der Waals surface area contributed by atoms with Crippen LogP contribution in [-0.4, -0.2) is 30.8 Å². The van der Waals surface area contributed by atoms with E-state index in [1.807, 2.05) is 0 Å². The molecule has 0 amide bonds. The number of hydrogen-bond donors (Lipinski definition) is 1. The van der Waals surface area contributed by atoms with Crippen molar-refractivity contribution in [3.8, 4) is 0 Å². The Labute approximate surface area is 93.5 Å². The lowest BCUT2D eigenvalue weighted by Gasteiger charge is -2.16. The highest BCUT2D eigenvalue weighted by Crippen LogP contribution is 2.15. The monoisotopic (exact) mass is 245 g/mol. The van der Waals surface area contributed by atoms with Gasteiger partial charge in [-0.1, -0.05) is 0 Å². The lowest BCUT2D eigenvalue weighted by atomic mass is 10.4. The van der Waals surface area contributed by atoms with Crippen LogP contribution in [0.25, 0.3) is 0 Å². The zero-order valence-electron chi connectivity index (χ0n) is 8.56. The molecule has 1 N–H and O–H groups in total. The number of nitrogens with zero attached hydrogens (tertiary/aromatic N) is 2. The summed E-state index contributed by atoms with van der Waals surface area (Å²) in [6.45, 7) is 1.06. The Morgan fingerprint density at radius 2 is 2.00 bits per heavy atom.